The van der Waals surface area contributed by atoms with Crippen molar-refractivity contribution in [2.75, 3.05) is 6.61 Å². The lowest BCUT2D eigenvalue weighted by molar-refractivity contribution is -0.152. The van der Waals surface area contributed by atoms with Gasteiger partial charge in [-0.15, -0.1) is 0 Å². The standard InChI is InChI=1S/C10H10O4/c11-7-5-9-3-1-2-4-10(9,14-7)6-13-8(9)12/h1-2H,3-6H2/t9-,10+/m0/s1. The predicted octanol–water partition coefficient (Wildman–Crippen LogP) is 0.565. The van der Waals surface area contributed by atoms with Gasteiger partial charge in [0.2, 0.25) is 0 Å². The van der Waals surface area contributed by atoms with Crippen molar-refractivity contribution >= 4 is 11.9 Å². The van der Waals surface area contributed by atoms with Crippen molar-refractivity contribution in [2.24, 2.45) is 5.41 Å². The van der Waals surface area contributed by atoms with Gasteiger partial charge >= 0.3 is 11.9 Å². The molecule has 0 spiro atoms. The quantitative estimate of drug-likeness (QED) is 0.417. The first-order valence-electron chi connectivity index (χ1n) is 4.73. The van der Waals surface area contributed by atoms with E-state index < -0.39 is 11.0 Å². The molecule has 2 aliphatic heterocycles. The minimum absolute atomic E-state index is 0.177. The van der Waals surface area contributed by atoms with Crippen LogP contribution >= 0.6 is 0 Å². The molecule has 0 bridgehead atoms. The third-order valence-electron chi connectivity index (χ3n) is 3.54. The zero-order chi connectivity index (χ0) is 9.81. The highest BCUT2D eigenvalue weighted by molar-refractivity contribution is 5.90. The predicted molar refractivity (Wildman–Crippen MR) is 45.2 cm³/mol. The number of ether oxygens (including phenoxy) is 2. The van der Waals surface area contributed by atoms with Gasteiger partial charge in [-0.3, -0.25) is 9.59 Å². The molecule has 0 aromatic rings. The molecule has 0 saturated carbocycles. The van der Waals surface area contributed by atoms with E-state index in [1.54, 1.807) is 0 Å². The molecule has 4 nitrogen and oxygen atoms in total. The van der Waals surface area contributed by atoms with Crippen molar-refractivity contribution in [2.45, 2.75) is 24.9 Å². The summed E-state index contributed by atoms with van der Waals surface area (Å²) in [6.45, 7) is 0.224. The first-order chi connectivity index (χ1) is 6.69. The van der Waals surface area contributed by atoms with E-state index >= 15 is 0 Å². The average molecular weight is 194 g/mol. The average Bonchev–Trinajstić information content (AvgIpc) is 2.60. The van der Waals surface area contributed by atoms with E-state index in [-0.39, 0.29) is 25.0 Å². The van der Waals surface area contributed by atoms with Gasteiger partial charge in [0.25, 0.3) is 0 Å². The van der Waals surface area contributed by atoms with Crippen LogP contribution in [0.25, 0.3) is 0 Å². The molecule has 14 heavy (non-hydrogen) atoms. The van der Waals surface area contributed by atoms with Crippen molar-refractivity contribution in [3.8, 4) is 0 Å². The van der Waals surface area contributed by atoms with Gasteiger partial charge in [-0.25, -0.2) is 0 Å². The molecule has 1 aliphatic carbocycles. The van der Waals surface area contributed by atoms with Crippen LogP contribution in [0.5, 0.6) is 0 Å². The fraction of sp³-hybridized carbons (Fsp3) is 0.600. The molecule has 0 aromatic heterocycles. The third kappa shape index (κ3) is 0.669. The van der Waals surface area contributed by atoms with Gasteiger partial charge in [0.1, 0.15) is 12.0 Å². The number of esters is 2. The molecule has 0 amide bonds. The van der Waals surface area contributed by atoms with Crippen LogP contribution in [-0.4, -0.2) is 24.1 Å². The molecule has 3 aliphatic rings. The lowest BCUT2D eigenvalue weighted by atomic mass is 9.67. The lowest BCUT2D eigenvalue weighted by Crippen LogP contribution is -2.46. The highest BCUT2D eigenvalue weighted by Crippen LogP contribution is 2.56. The second-order valence-corrected chi connectivity index (χ2v) is 4.18. The molecule has 2 fully saturated rings. The van der Waals surface area contributed by atoms with Gasteiger partial charge in [0.15, 0.2) is 5.60 Å². The first-order valence-corrected chi connectivity index (χ1v) is 4.73. The van der Waals surface area contributed by atoms with Crippen LogP contribution in [-0.2, 0) is 19.1 Å². The minimum atomic E-state index is -0.709. The van der Waals surface area contributed by atoms with E-state index in [2.05, 4.69) is 0 Å². The normalized spacial score (nSPS) is 44.3. The van der Waals surface area contributed by atoms with Crippen LogP contribution in [0.1, 0.15) is 19.3 Å². The summed E-state index contributed by atoms with van der Waals surface area (Å²) >= 11 is 0. The van der Waals surface area contributed by atoms with E-state index in [1.165, 1.54) is 0 Å². The number of cyclic esters (lactones) is 1. The molecule has 2 atom stereocenters. The van der Waals surface area contributed by atoms with Crippen LogP contribution in [0, 0.1) is 5.41 Å². The maximum atomic E-state index is 11.7. The summed E-state index contributed by atoms with van der Waals surface area (Å²) in [5.74, 6) is -0.543. The Bertz CT molecular complexity index is 359. The van der Waals surface area contributed by atoms with Crippen LogP contribution in [0.15, 0.2) is 12.2 Å². The van der Waals surface area contributed by atoms with E-state index in [0.29, 0.717) is 12.8 Å². The summed E-state index contributed by atoms with van der Waals surface area (Å²) in [5, 5.41) is 0. The Balaban J connectivity index is 2.16. The SMILES string of the molecule is O=C1C[C@]23CC=CC[C@]2(COC3=O)O1. The molecule has 4 heteroatoms. The zero-order valence-corrected chi connectivity index (χ0v) is 7.62. The summed E-state index contributed by atoms with van der Waals surface area (Å²) in [7, 11) is 0. The van der Waals surface area contributed by atoms with Crippen LogP contribution in [0.4, 0.5) is 0 Å². The van der Waals surface area contributed by atoms with Gasteiger partial charge in [0.05, 0.1) is 6.42 Å². The van der Waals surface area contributed by atoms with Crippen LogP contribution in [0.2, 0.25) is 0 Å². The maximum Gasteiger partial charge on any atom is 0.317 e. The van der Waals surface area contributed by atoms with Gasteiger partial charge in [0, 0.05) is 6.42 Å². The third-order valence-corrected chi connectivity index (χ3v) is 3.54. The monoisotopic (exact) mass is 194 g/mol. The van der Waals surface area contributed by atoms with Crippen LogP contribution < -0.4 is 0 Å². The molecular formula is C10H10O4. The molecule has 2 saturated heterocycles. The molecule has 0 N–H and O–H groups in total. The zero-order valence-electron chi connectivity index (χ0n) is 7.62. The topological polar surface area (TPSA) is 52.6 Å². The largest absolute Gasteiger partial charge is 0.461 e. The number of hydrogen-bond donors (Lipinski definition) is 0. The molecule has 0 radical (unpaired) electrons. The Morgan fingerprint density at radius 3 is 2.79 bits per heavy atom. The van der Waals surface area contributed by atoms with Gasteiger partial charge in [-0.2, -0.15) is 0 Å². The fourth-order valence-electron chi connectivity index (χ4n) is 2.70. The van der Waals surface area contributed by atoms with E-state index in [0.717, 1.165) is 0 Å². The Morgan fingerprint density at radius 1 is 1.21 bits per heavy atom. The Kier molecular flexibility index (Phi) is 1.25. The van der Waals surface area contributed by atoms with Gasteiger partial charge in [-0.05, 0) is 6.42 Å². The molecule has 0 unspecified atom stereocenters. The Morgan fingerprint density at radius 2 is 2.00 bits per heavy atom. The molecule has 0 aromatic carbocycles. The number of rotatable bonds is 0. The number of hydrogen-bond acceptors (Lipinski definition) is 4. The summed E-state index contributed by atoms with van der Waals surface area (Å²) in [6, 6.07) is 0. The minimum Gasteiger partial charge on any atom is -0.461 e. The number of allylic oxidation sites excluding steroid dienone is 1. The van der Waals surface area contributed by atoms with E-state index in [1.807, 2.05) is 12.2 Å². The van der Waals surface area contributed by atoms with Gasteiger partial charge < -0.3 is 9.47 Å². The van der Waals surface area contributed by atoms with Crippen molar-refractivity contribution < 1.29 is 19.1 Å². The molecule has 3 rings (SSSR count). The Labute approximate surface area is 80.9 Å². The fourth-order valence-corrected chi connectivity index (χ4v) is 2.70. The lowest BCUT2D eigenvalue weighted by Gasteiger charge is -2.34. The van der Waals surface area contributed by atoms with Crippen molar-refractivity contribution in [3.05, 3.63) is 12.2 Å². The number of carbonyl (C=O) groups is 2. The number of carbonyl (C=O) groups excluding carboxylic acids is 2. The summed E-state index contributed by atoms with van der Waals surface area (Å²) in [5.41, 5.74) is -1.39. The second kappa shape index (κ2) is 2.19. The maximum absolute atomic E-state index is 11.7. The smallest absolute Gasteiger partial charge is 0.317 e. The van der Waals surface area contributed by atoms with E-state index in [4.69, 9.17) is 9.47 Å². The summed E-state index contributed by atoms with van der Waals surface area (Å²) < 4.78 is 10.3. The van der Waals surface area contributed by atoms with Crippen molar-refractivity contribution in [3.63, 3.8) is 0 Å². The van der Waals surface area contributed by atoms with Crippen LogP contribution in [0.3, 0.4) is 0 Å². The van der Waals surface area contributed by atoms with Crippen molar-refractivity contribution in [1.29, 1.82) is 0 Å². The summed E-state index contributed by atoms with van der Waals surface area (Å²) in [6.07, 6.45) is 5.24. The highest BCUT2D eigenvalue weighted by atomic mass is 16.6. The van der Waals surface area contributed by atoms with Gasteiger partial charge in [-0.1, -0.05) is 12.2 Å². The first kappa shape index (κ1) is 8.03. The highest BCUT2D eigenvalue weighted by Gasteiger charge is 2.70. The Hall–Kier alpha value is -1.32. The summed E-state index contributed by atoms with van der Waals surface area (Å²) in [4.78, 5) is 23.0. The molecule has 74 valence electrons. The second-order valence-electron chi connectivity index (χ2n) is 4.18. The van der Waals surface area contributed by atoms with E-state index in [9.17, 15) is 9.59 Å². The van der Waals surface area contributed by atoms with Crippen molar-refractivity contribution in [1.82, 2.24) is 0 Å². The molecule has 2 heterocycles. The molecular weight excluding hydrogens is 184 g/mol.